The van der Waals surface area contributed by atoms with Gasteiger partial charge < -0.3 is 5.32 Å². The lowest BCUT2D eigenvalue weighted by molar-refractivity contribution is -0.120. The molecule has 0 fully saturated rings. The van der Waals surface area contributed by atoms with E-state index in [1.807, 2.05) is 13.0 Å². The highest BCUT2D eigenvalue weighted by Gasteiger charge is 2.16. The highest BCUT2D eigenvalue weighted by Crippen LogP contribution is 2.22. The summed E-state index contributed by atoms with van der Waals surface area (Å²) in [4.78, 5) is 24.6. The van der Waals surface area contributed by atoms with Gasteiger partial charge in [-0.05, 0) is 55.3 Å². The van der Waals surface area contributed by atoms with Crippen LogP contribution >= 0.6 is 23.4 Å². The van der Waals surface area contributed by atoms with Gasteiger partial charge >= 0.3 is 0 Å². The molecule has 1 heterocycles. The van der Waals surface area contributed by atoms with Crippen LogP contribution < -0.4 is 10.9 Å². The first kappa shape index (κ1) is 21.1. The van der Waals surface area contributed by atoms with Crippen LogP contribution in [0.25, 0.3) is 5.69 Å². The maximum atomic E-state index is 13.0. The van der Waals surface area contributed by atoms with E-state index in [0.717, 1.165) is 11.1 Å². The summed E-state index contributed by atoms with van der Waals surface area (Å²) in [6.07, 6.45) is 0. The van der Waals surface area contributed by atoms with Crippen LogP contribution in [0.5, 0.6) is 0 Å². The monoisotopic (exact) mass is 431 g/mol. The summed E-state index contributed by atoms with van der Waals surface area (Å²) in [5.41, 5.74) is 1.98. The largest absolute Gasteiger partial charge is 0.351 e. The van der Waals surface area contributed by atoms with E-state index in [1.165, 1.54) is 34.6 Å². The van der Waals surface area contributed by atoms with Crippen molar-refractivity contribution in [1.82, 2.24) is 15.1 Å². The first-order valence-electron chi connectivity index (χ1n) is 8.89. The molecule has 150 valence electrons. The van der Waals surface area contributed by atoms with Crippen molar-refractivity contribution in [3.63, 3.8) is 0 Å². The van der Waals surface area contributed by atoms with Crippen molar-refractivity contribution in [1.29, 1.82) is 0 Å². The summed E-state index contributed by atoms with van der Waals surface area (Å²) in [6, 6.07) is 14.2. The molecule has 1 amide bonds. The second-order valence-corrected chi connectivity index (χ2v) is 8.23. The molecule has 0 unspecified atom stereocenters. The second kappa shape index (κ2) is 9.24. The number of thioether (sulfide) groups is 1. The Labute approximate surface area is 176 Å². The predicted molar refractivity (Wildman–Crippen MR) is 113 cm³/mol. The van der Waals surface area contributed by atoms with Gasteiger partial charge in [-0.3, -0.25) is 9.59 Å². The first-order valence-corrected chi connectivity index (χ1v) is 10.1. The van der Waals surface area contributed by atoms with Gasteiger partial charge in [0.2, 0.25) is 5.91 Å². The van der Waals surface area contributed by atoms with E-state index in [-0.39, 0.29) is 17.3 Å². The number of amides is 1. The molecule has 1 aromatic heterocycles. The molecule has 0 bridgehead atoms. The van der Waals surface area contributed by atoms with Crippen LogP contribution in [0.2, 0.25) is 5.02 Å². The number of hydrogen-bond donors (Lipinski definition) is 1. The molecular weight excluding hydrogens is 413 g/mol. The van der Waals surface area contributed by atoms with Crippen LogP contribution in [0.4, 0.5) is 4.39 Å². The minimum absolute atomic E-state index is 0.183. The molecule has 2 aromatic carbocycles. The average molecular weight is 432 g/mol. The Balaban J connectivity index is 1.69. The minimum Gasteiger partial charge on any atom is -0.351 e. The van der Waals surface area contributed by atoms with E-state index in [2.05, 4.69) is 10.4 Å². The number of rotatable bonds is 6. The van der Waals surface area contributed by atoms with Crippen LogP contribution in [0.15, 0.2) is 64.4 Å². The predicted octanol–water partition coefficient (Wildman–Crippen LogP) is 4.13. The second-order valence-electron chi connectivity index (χ2n) is 6.46. The first-order chi connectivity index (χ1) is 13.8. The van der Waals surface area contributed by atoms with Gasteiger partial charge in [0.1, 0.15) is 10.8 Å². The number of carbonyl (C=O) groups excluding carboxylic acids is 1. The Morgan fingerprint density at radius 2 is 1.93 bits per heavy atom. The van der Waals surface area contributed by atoms with E-state index in [1.54, 1.807) is 37.3 Å². The highest BCUT2D eigenvalue weighted by atomic mass is 35.5. The van der Waals surface area contributed by atoms with Crippen molar-refractivity contribution in [2.24, 2.45) is 0 Å². The summed E-state index contributed by atoms with van der Waals surface area (Å²) >= 11 is 7.39. The maximum Gasteiger partial charge on any atom is 0.271 e. The number of aromatic nitrogens is 2. The Hall–Kier alpha value is -2.64. The van der Waals surface area contributed by atoms with E-state index in [0.29, 0.717) is 22.3 Å². The molecule has 5 nitrogen and oxygen atoms in total. The van der Waals surface area contributed by atoms with Crippen molar-refractivity contribution >= 4 is 29.3 Å². The summed E-state index contributed by atoms with van der Waals surface area (Å²) in [6.45, 7) is 3.93. The molecule has 29 heavy (non-hydrogen) atoms. The van der Waals surface area contributed by atoms with E-state index in [9.17, 15) is 14.0 Å². The fourth-order valence-electron chi connectivity index (χ4n) is 2.53. The third-order valence-corrected chi connectivity index (χ3v) is 5.66. The molecule has 0 saturated heterocycles. The van der Waals surface area contributed by atoms with E-state index < -0.39 is 5.25 Å². The van der Waals surface area contributed by atoms with Gasteiger partial charge in [-0.15, -0.1) is 0 Å². The molecule has 0 aliphatic carbocycles. The fourth-order valence-corrected chi connectivity index (χ4v) is 3.53. The average Bonchev–Trinajstić information content (AvgIpc) is 2.71. The molecule has 0 spiro atoms. The van der Waals surface area contributed by atoms with Crippen LogP contribution in [0.1, 0.15) is 18.1 Å². The third-order valence-electron chi connectivity index (χ3n) is 4.22. The molecule has 1 N–H and O–H groups in total. The Morgan fingerprint density at radius 3 is 2.62 bits per heavy atom. The van der Waals surface area contributed by atoms with Crippen molar-refractivity contribution in [2.75, 3.05) is 0 Å². The summed E-state index contributed by atoms with van der Waals surface area (Å²) in [5.74, 6) is -0.502. The molecule has 0 aliphatic rings. The molecular formula is C21H19ClFN3O2S. The number of halogens is 2. The quantitative estimate of drug-likeness (QED) is 0.596. The zero-order valence-electron chi connectivity index (χ0n) is 15.9. The number of carbonyl (C=O) groups is 1. The zero-order valence-corrected chi connectivity index (χ0v) is 17.4. The van der Waals surface area contributed by atoms with Gasteiger partial charge in [-0.25, -0.2) is 4.39 Å². The SMILES string of the molecule is Cc1ccc(-n2nc(S[C@@H](C)C(=O)NCc3ccc(F)cc3)ccc2=O)cc1Cl. The van der Waals surface area contributed by atoms with Crippen molar-refractivity contribution in [3.8, 4) is 5.69 Å². The molecule has 1 atom stereocenters. The molecule has 3 rings (SSSR count). The Kier molecular flexibility index (Phi) is 6.71. The van der Waals surface area contributed by atoms with Crippen molar-refractivity contribution < 1.29 is 9.18 Å². The summed E-state index contributed by atoms with van der Waals surface area (Å²) in [7, 11) is 0. The fraction of sp³-hybridized carbons (Fsp3) is 0.190. The van der Waals surface area contributed by atoms with Crippen LogP contribution in [0.3, 0.4) is 0 Å². The van der Waals surface area contributed by atoms with Gasteiger partial charge in [0.05, 0.1) is 10.9 Å². The minimum atomic E-state index is -0.435. The number of nitrogens with zero attached hydrogens (tertiary/aromatic N) is 2. The van der Waals surface area contributed by atoms with Gasteiger partial charge in [0, 0.05) is 17.6 Å². The van der Waals surface area contributed by atoms with Crippen LogP contribution in [-0.2, 0) is 11.3 Å². The molecule has 8 heteroatoms. The lowest BCUT2D eigenvalue weighted by Gasteiger charge is -2.13. The maximum absolute atomic E-state index is 13.0. The summed E-state index contributed by atoms with van der Waals surface area (Å²) < 4.78 is 14.2. The topological polar surface area (TPSA) is 64.0 Å². The highest BCUT2D eigenvalue weighted by molar-refractivity contribution is 8.00. The molecule has 0 aliphatic heterocycles. The standard InChI is InChI=1S/C21H19ClFN3O2S/c1-13-3-8-17(11-18(13)22)26-20(27)10-9-19(25-26)29-14(2)21(28)24-12-15-4-6-16(23)7-5-15/h3-11,14H,12H2,1-2H3,(H,24,28)/t14-/m0/s1. The molecule has 0 radical (unpaired) electrons. The lowest BCUT2D eigenvalue weighted by Crippen LogP contribution is -2.30. The Bertz CT molecular complexity index is 1090. The van der Waals surface area contributed by atoms with Crippen LogP contribution in [-0.4, -0.2) is 20.9 Å². The number of benzene rings is 2. The third kappa shape index (κ3) is 5.46. The van der Waals surface area contributed by atoms with Crippen LogP contribution in [0, 0.1) is 12.7 Å². The summed E-state index contributed by atoms with van der Waals surface area (Å²) in [5, 5.41) is 7.81. The zero-order chi connectivity index (χ0) is 21.0. The number of hydrogen-bond acceptors (Lipinski definition) is 4. The number of nitrogens with one attached hydrogen (secondary N) is 1. The van der Waals surface area contributed by atoms with Crippen molar-refractivity contribution in [3.05, 3.63) is 86.9 Å². The van der Waals surface area contributed by atoms with E-state index >= 15 is 0 Å². The number of aryl methyl sites for hydroxylation is 1. The van der Waals surface area contributed by atoms with Gasteiger partial charge in [-0.2, -0.15) is 9.78 Å². The smallest absolute Gasteiger partial charge is 0.271 e. The lowest BCUT2D eigenvalue weighted by atomic mass is 10.2. The van der Waals surface area contributed by atoms with E-state index in [4.69, 9.17) is 11.6 Å². The Morgan fingerprint density at radius 1 is 1.21 bits per heavy atom. The molecule has 3 aromatic rings. The van der Waals surface area contributed by atoms with Gasteiger partial charge in [0.15, 0.2) is 0 Å². The van der Waals surface area contributed by atoms with Gasteiger partial charge in [0.25, 0.3) is 5.56 Å². The normalized spacial score (nSPS) is 11.9. The van der Waals surface area contributed by atoms with Gasteiger partial charge in [-0.1, -0.05) is 41.6 Å². The van der Waals surface area contributed by atoms with Crippen molar-refractivity contribution in [2.45, 2.75) is 30.7 Å². The molecule has 0 saturated carbocycles.